The number of nitrogens with zero attached hydrogens (tertiary/aromatic N) is 1. The normalized spacial score (nSPS) is 10.5. The highest BCUT2D eigenvalue weighted by molar-refractivity contribution is 8.00. The van der Waals surface area contributed by atoms with Crippen molar-refractivity contribution in [2.45, 2.75) is 4.90 Å². The van der Waals surface area contributed by atoms with Gasteiger partial charge in [-0.2, -0.15) is 0 Å². The number of hydrogen-bond donors (Lipinski definition) is 2. The van der Waals surface area contributed by atoms with Crippen molar-refractivity contribution in [2.75, 3.05) is 16.4 Å². The maximum absolute atomic E-state index is 12.6. The first kappa shape index (κ1) is 19.7. The van der Waals surface area contributed by atoms with Crippen LogP contribution in [0.15, 0.2) is 96.0 Å². The Kier molecular flexibility index (Phi) is 6.06. The lowest BCUT2D eigenvalue weighted by molar-refractivity contribution is -0.113. The van der Waals surface area contributed by atoms with Gasteiger partial charge in [0.05, 0.1) is 5.75 Å². The molecule has 4 aromatic rings. The summed E-state index contributed by atoms with van der Waals surface area (Å²) < 4.78 is 0. The van der Waals surface area contributed by atoms with Crippen LogP contribution in [0.2, 0.25) is 0 Å². The summed E-state index contributed by atoms with van der Waals surface area (Å²) in [5.74, 6) is 0.539. The topological polar surface area (TPSA) is 71.1 Å². The van der Waals surface area contributed by atoms with Gasteiger partial charge in [-0.1, -0.05) is 36.4 Å². The van der Waals surface area contributed by atoms with Crippen LogP contribution in [0.5, 0.6) is 0 Å². The van der Waals surface area contributed by atoms with Gasteiger partial charge in [0, 0.05) is 22.3 Å². The van der Waals surface area contributed by atoms with E-state index in [1.165, 1.54) is 11.8 Å². The molecule has 5 nitrogen and oxygen atoms in total. The van der Waals surface area contributed by atoms with E-state index in [9.17, 15) is 9.59 Å². The molecule has 0 bridgehead atoms. The summed E-state index contributed by atoms with van der Waals surface area (Å²) in [6.45, 7) is 0. The van der Waals surface area contributed by atoms with Crippen LogP contribution in [0.3, 0.4) is 0 Å². The first-order valence-corrected chi connectivity index (χ1v) is 10.4. The second-order valence-corrected chi connectivity index (χ2v) is 7.64. The molecule has 0 aliphatic heterocycles. The highest BCUT2D eigenvalue weighted by atomic mass is 32.2. The fraction of sp³-hybridized carbons (Fsp3) is 0.0417. The van der Waals surface area contributed by atoms with E-state index < -0.39 is 0 Å². The Bertz CT molecular complexity index is 1180. The third-order valence-electron chi connectivity index (χ3n) is 4.43. The van der Waals surface area contributed by atoms with Gasteiger partial charge in [0.25, 0.3) is 5.91 Å². The summed E-state index contributed by atoms with van der Waals surface area (Å²) in [5.41, 5.74) is 1.31. The number of benzene rings is 3. The maximum atomic E-state index is 12.6. The number of fused-ring (bicyclic) bond motifs is 1. The summed E-state index contributed by atoms with van der Waals surface area (Å²) >= 11 is 1.42. The van der Waals surface area contributed by atoms with Gasteiger partial charge < -0.3 is 10.6 Å². The van der Waals surface area contributed by atoms with Crippen LogP contribution in [-0.2, 0) is 4.79 Å². The number of pyridine rings is 1. The van der Waals surface area contributed by atoms with Gasteiger partial charge in [-0.3, -0.25) is 9.59 Å². The highest BCUT2D eigenvalue weighted by Crippen LogP contribution is 2.22. The molecule has 1 heterocycles. The van der Waals surface area contributed by atoms with Crippen molar-refractivity contribution in [3.05, 3.63) is 96.7 Å². The Morgan fingerprint density at radius 1 is 0.800 bits per heavy atom. The smallest absolute Gasteiger partial charge is 0.255 e. The molecule has 1 aromatic heterocycles. The van der Waals surface area contributed by atoms with Crippen molar-refractivity contribution in [2.24, 2.45) is 0 Å². The van der Waals surface area contributed by atoms with Crippen molar-refractivity contribution in [1.29, 1.82) is 0 Å². The van der Waals surface area contributed by atoms with Crippen molar-refractivity contribution in [1.82, 2.24) is 4.98 Å². The van der Waals surface area contributed by atoms with E-state index in [0.29, 0.717) is 17.1 Å². The highest BCUT2D eigenvalue weighted by Gasteiger charge is 2.08. The van der Waals surface area contributed by atoms with Crippen LogP contribution >= 0.6 is 11.8 Å². The standard InChI is InChI=1S/C24H19N3O2S/c28-23(27-22-7-3-4-14-25-22)16-30-21-12-10-20(11-13-21)26-24(29)19-9-8-17-5-1-2-6-18(17)15-19/h1-15H,16H2,(H,26,29)(H,25,27,28). The molecule has 3 aromatic carbocycles. The van der Waals surface area contributed by atoms with E-state index in [4.69, 9.17) is 0 Å². The van der Waals surface area contributed by atoms with Gasteiger partial charge in [-0.25, -0.2) is 4.98 Å². The van der Waals surface area contributed by atoms with Crippen molar-refractivity contribution in [3.63, 3.8) is 0 Å². The molecule has 0 aliphatic rings. The Hall–Kier alpha value is -3.64. The van der Waals surface area contributed by atoms with Crippen molar-refractivity contribution < 1.29 is 9.59 Å². The van der Waals surface area contributed by atoms with Gasteiger partial charge >= 0.3 is 0 Å². The summed E-state index contributed by atoms with van der Waals surface area (Å²) in [6.07, 6.45) is 1.63. The molecule has 6 heteroatoms. The number of carbonyl (C=O) groups is 2. The average molecular weight is 414 g/mol. The van der Waals surface area contributed by atoms with Crippen LogP contribution in [0.1, 0.15) is 10.4 Å². The SMILES string of the molecule is O=C(CSc1ccc(NC(=O)c2ccc3ccccc3c2)cc1)Nc1ccccn1. The molecule has 2 N–H and O–H groups in total. The lowest BCUT2D eigenvalue weighted by atomic mass is 10.1. The van der Waals surface area contributed by atoms with E-state index in [-0.39, 0.29) is 17.6 Å². The molecule has 0 atom stereocenters. The number of thioether (sulfide) groups is 1. The predicted octanol–water partition coefficient (Wildman–Crippen LogP) is 5.22. The molecule has 0 aliphatic carbocycles. The Labute approximate surface area is 178 Å². The number of rotatable bonds is 6. The number of aromatic nitrogens is 1. The molecule has 2 amide bonds. The molecule has 0 unspecified atom stereocenters. The molecule has 148 valence electrons. The van der Waals surface area contributed by atoms with Gasteiger partial charge in [0.1, 0.15) is 5.82 Å². The average Bonchev–Trinajstić information content (AvgIpc) is 2.79. The van der Waals surface area contributed by atoms with Crippen LogP contribution in [0, 0.1) is 0 Å². The maximum Gasteiger partial charge on any atom is 0.255 e. The largest absolute Gasteiger partial charge is 0.322 e. The Morgan fingerprint density at radius 2 is 1.57 bits per heavy atom. The number of nitrogens with one attached hydrogen (secondary N) is 2. The molecule has 0 saturated heterocycles. The number of amides is 2. The first-order chi connectivity index (χ1) is 14.7. The Balaban J connectivity index is 1.32. The quantitative estimate of drug-likeness (QED) is 0.425. The van der Waals surface area contributed by atoms with E-state index in [1.807, 2.05) is 72.8 Å². The van der Waals surface area contributed by atoms with Gasteiger partial charge in [0.2, 0.25) is 5.91 Å². The second-order valence-electron chi connectivity index (χ2n) is 6.59. The lowest BCUT2D eigenvalue weighted by Crippen LogP contribution is -2.14. The molecule has 0 fully saturated rings. The molecule has 0 saturated carbocycles. The second kappa shape index (κ2) is 9.24. The zero-order valence-electron chi connectivity index (χ0n) is 16.0. The van der Waals surface area contributed by atoms with Crippen LogP contribution < -0.4 is 10.6 Å². The lowest BCUT2D eigenvalue weighted by Gasteiger charge is -2.08. The van der Waals surface area contributed by atoms with E-state index in [2.05, 4.69) is 15.6 Å². The molecule has 0 radical (unpaired) electrons. The van der Waals surface area contributed by atoms with Crippen LogP contribution in [-0.4, -0.2) is 22.6 Å². The van der Waals surface area contributed by atoms with Crippen LogP contribution in [0.4, 0.5) is 11.5 Å². The molecule has 30 heavy (non-hydrogen) atoms. The summed E-state index contributed by atoms with van der Waals surface area (Å²) in [5, 5.41) is 7.79. The zero-order chi connectivity index (χ0) is 20.8. The molecular weight excluding hydrogens is 394 g/mol. The van der Waals surface area contributed by atoms with Crippen molar-refractivity contribution in [3.8, 4) is 0 Å². The van der Waals surface area contributed by atoms with Gasteiger partial charge in [0.15, 0.2) is 0 Å². The number of hydrogen-bond acceptors (Lipinski definition) is 4. The third kappa shape index (κ3) is 5.04. The van der Waals surface area contributed by atoms with Crippen molar-refractivity contribution >= 4 is 45.9 Å². The van der Waals surface area contributed by atoms with Gasteiger partial charge in [-0.05, 0) is 59.3 Å². The Morgan fingerprint density at radius 3 is 2.33 bits per heavy atom. The first-order valence-electron chi connectivity index (χ1n) is 9.41. The molecule has 4 rings (SSSR count). The summed E-state index contributed by atoms with van der Waals surface area (Å²) in [7, 11) is 0. The minimum Gasteiger partial charge on any atom is -0.322 e. The fourth-order valence-corrected chi connectivity index (χ4v) is 3.63. The summed E-state index contributed by atoms with van der Waals surface area (Å²) in [4.78, 5) is 29.6. The number of anilines is 2. The third-order valence-corrected chi connectivity index (χ3v) is 5.44. The summed E-state index contributed by atoms with van der Waals surface area (Å²) in [6, 6.07) is 26.4. The minimum absolute atomic E-state index is 0.118. The van der Waals surface area contributed by atoms with E-state index in [0.717, 1.165) is 15.7 Å². The van der Waals surface area contributed by atoms with Gasteiger partial charge in [-0.15, -0.1) is 11.8 Å². The minimum atomic E-state index is -0.157. The van der Waals surface area contributed by atoms with E-state index >= 15 is 0 Å². The monoisotopic (exact) mass is 413 g/mol. The number of carbonyl (C=O) groups excluding carboxylic acids is 2. The fourth-order valence-electron chi connectivity index (χ4n) is 2.93. The van der Waals surface area contributed by atoms with Crippen LogP contribution in [0.25, 0.3) is 10.8 Å². The zero-order valence-corrected chi connectivity index (χ0v) is 16.9. The molecule has 0 spiro atoms. The van der Waals surface area contributed by atoms with E-state index in [1.54, 1.807) is 18.3 Å². The molecular formula is C24H19N3O2S. The predicted molar refractivity (Wildman–Crippen MR) is 122 cm³/mol.